The summed E-state index contributed by atoms with van der Waals surface area (Å²) in [5.74, 6) is -1.62. The van der Waals surface area contributed by atoms with Crippen molar-refractivity contribution in [3.63, 3.8) is 0 Å². The van der Waals surface area contributed by atoms with Gasteiger partial charge in [-0.2, -0.15) is 10.0 Å². The van der Waals surface area contributed by atoms with Crippen molar-refractivity contribution in [2.45, 2.75) is 45.6 Å². The maximum atomic E-state index is 13.1. The van der Waals surface area contributed by atoms with Crippen LogP contribution in [0.25, 0.3) is 22.8 Å². The smallest absolute Gasteiger partial charge is 0.270 e. The SMILES string of the molecule is C[C@H](NC(=O)c1cc(C(=O)NCc2ccc(F)cc2)ncn1)c1ccc(-c2nn[nH]n2)cc1.C[C@H](NC(=O)c1cc(C(=O)NCc2ccc(F)cc2)ncn1)c1ccc(-c2nnn(Cc3cncnc3)n2)cc1. The van der Waals surface area contributed by atoms with Crippen molar-refractivity contribution in [1.29, 1.82) is 0 Å². The van der Waals surface area contributed by atoms with Gasteiger partial charge in [-0.25, -0.2) is 38.7 Å². The van der Waals surface area contributed by atoms with Crippen molar-refractivity contribution in [2.75, 3.05) is 0 Å². The van der Waals surface area contributed by atoms with E-state index in [2.05, 4.69) is 87.2 Å². The standard InChI is InChI=1S/C27H23FN10O2.C22H19FN8O2/c1-17(20-4-6-21(7-5-20)25-35-37-38(36-25)14-19-11-29-15-30-12-19)34-27(40)24-10-23(32-16-33-24)26(39)31-13-18-2-8-22(28)9-3-18;1-13(15-4-6-16(7-5-15)20-28-30-31-29-20)27-22(33)19-10-18(25-12-26-19)21(32)24-11-14-2-8-17(23)9-3-14/h2-12,15-17H,13-14H2,1H3,(H,31,39)(H,34,40);2-10,12-13H,11H2,1H3,(H,24,32)(H,27,33)(H,28,29,30,31)/t17-;13-/m00/s1. The van der Waals surface area contributed by atoms with Gasteiger partial charge < -0.3 is 21.3 Å². The summed E-state index contributed by atoms with van der Waals surface area (Å²) in [7, 11) is 0. The average Bonchev–Trinajstić information content (AvgIpc) is 4.15. The van der Waals surface area contributed by atoms with Gasteiger partial charge in [-0.1, -0.05) is 72.8 Å². The van der Waals surface area contributed by atoms with Crippen LogP contribution in [-0.2, 0) is 19.6 Å². The molecule has 73 heavy (non-hydrogen) atoms. The lowest BCUT2D eigenvalue weighted by molar-refractivity contribution is 0.0921. The van der Waals surface area contributed by atoms with Gasteiger partial charge in [0.05, 0.1) is 18.6 Å². The molecule has 0 spiro atoms. The van der Waals surface area contributed by atoms with E-state index >= 15 is 0 Å². The Labute approximate surface area is 413 Å². The third-order valence-corrected chi connectivity index (χ3v) is 10.8. The van der Waals surface area contributed by atoms with Crippen LogP contribution in [-0.4, -0.2) is 94.4 Å². The largest absolute Gasteiger partial charge is 0.347 e. The third-order valence-electron chi connectivity index (χ3n) is 10.8. The van der Waals surface area contributed by atoms with E-state index in [0.717, 1.165) is 51.6 Å². The van der Waals surface area contributed by atoms with Gasteiger partial charge in [-0.05, 0) is 70.8 Å². The molecule has 9 aromatic rings. The second kappa shape index (κ2) is 23.5. The number of carbonyl (C=O) groups is 4. The van der Waals surface area contributed by atoms with E-state index in [-0.39, 0.29) is 59.6 Å². The number of H-pyrrole nitrogens is 1. The molecule has 5 N–H and O–H groups in total. The molecule has 4 aromatic carbocycles. The monoisotopic (exact) mass is 984 g/mol. The van der Waals surface area contributed by atoms with E-state index in [0.29, 0.717) is 18.2 Å². The van der Waals surface area contributed by atoms with Crippen molar-refractivity contribution in [3.8, 4) is 22.8 Å². The molecule has 0 aliphatic heterocycles. The lowest BCUT2D eigenvalue weighted by atomic mass is 10.1. The number of hydrogen-bond acceptors (Lipinski definition) is 16. The number of amides is 4. The molecule has 24 heteroatoms. The number of hydrogen-bond donors (Lipinski definition) is 5. The summed E-state index contributed by atoms with van der Waals surface area (Å²) >= 11 is 0. The number of aromatic amines is 1. The van der Waals surface area contributed by atoms with Gasteiger partial charge in [-0.15, -0.1) is 20.4 Å². The Balaban J connectivity index is 0.000000199. The number of benzene rings is 4. The summed E-state index contributed by atoms with van der Waals surface area (Å²) in [4.78, 5) is 75.7. The predicted molar refractivity (Wildman–Crippen MR) is 255 cm³/mol. The maximum absolute atomic E-state index is 13.1. The Morgan fingerprint density at radius 2 is 1.00 bits per heavy atom. The van der Waals surface area contributed by atoms with Crippen molar-refractivity contribution >= 4 is 23.6 Å². The Kier molecular flexibility index (Phi) is 15.9. The van der Waals surface area contributed by atoms with Gasteiger partial charge in [0, 0.05) is 54.3 Å². The molecule has 0 aliphatic rings. The molecule has 22 nitrogen and oxygen atoms in total. The van der Waals surface area contributed by atoms with E-state index in [1.807, 2.05) is 62.4 Å². The molecule has 5 aromatic heterocycles. The molecule has 0 saturated carbocycles. The first-order chi connectivity index (χ1) is 35.4. The molecule has 9 rings (SSSR count). The highest BCUT2D eigenvalue weighted by molar-refractivity contribution is 5.98. The molecule has 0 saturated heterocycles. The summed E-state index contributed by atoms with van der Waals surface area (Å²) in [5, 5.41) is 37.5. The number of aromatic nitrogens is 14. The molecule has 2 atom stereocenters. The fourth-order valence-corrected chi connectivity index (χ4v) is 6.80. The normalized spacial score (nSPS) is 11.6. The fourth-order valence-electron chi connectivity index (χ4n) is 6.80. The summed E-state index contributed by atoms with van der Waals surface area (Å²) < 4.78 is 26.1. The molecule has 4 amide bonds. The summed E-state index contributed by atoms with van der Waals surface area (Å²) in [6.07, 6.45) is 7.15. The van der Waals surface area contributed by atoms with E-state index in [4.69, 9.17) is 0 Å². The predicted octanol–water partition coefficient (Wildman–Crippen LogP) is 4.75. The minimum absolute atomic E-state index is 0.0413. The first kappa shape index (κ1) is 49.4. The lowest BCUT2D eigenvalue weighted by Crippen LogP contribution is -2.29. The van der Waals surface area contributed by atoms with Crippen LogP contribution in [0.3, 0.4) is 0 Å². The van der Waals surface area contributed by atoms with Crippen molar-refractivity contribution in [2.24, 2.45) is 0 Å². The second-order valence-corrected chi connectivity index (χ2v) is 16.0. The molecule has 0 unspecified atom stereocenters. The Morgan fingerprint density at radius 3 is 1.45 bits per heavy atom. The summed E-state index contributed by atoms with van der Waals surface area (Å²) in [6.45, 7) is 4.45. The van der Waals surface area contributed by atoms with Gasteiger partial charge in [0.2, 0.25) is 11.6 Å². The first-order valence-electron chi connectivity index (χ1n) is 22.2. The Morgan fingerprint density at radius 1 is 0.548 bits per heavy atom. The molecule has 0 aliphatic carbocycles. The van der Waals surface area contributed by atoms with Crippen LogP contribution in [0.5, 0.6) is 0 Å². The zero-order valence-electron chi connectivity index (χ0n) is 38.8. The van der Waals surface area contributed by atoms with Crippen LogP contribution in [0.1, 0.15) is 95.7 Å². The highest BCUT2D eigenvalue weighted by atomic mass is 19.1. The van der Waals surface area contributed by atoms with E-state index < -0.39 is 23.6 Å². The number of carbonyl (C=O) groups excluding carboxylic acids is 4. The number of rotatable bonds is 16. The minimum Gasteiger partial charge on any atom is -0.347 e. The highest BCUT2D eigenvalue weighted by Gasteiger charge is 2.19. The van der Waals surface area contributed by atoms with Gasteiger partial charge in [-0.3, -0.25) is 19.2 Å². The molecule has 0 fully saturated rings. The Bertz CT molecular complexity index is 3290. The first-order valence-corrected chi connectivity index (χ1v) is 22.2. The van der Waals surface area contributed by atoms with Crippen LogP contribution in [0.15, 0.2) is 141 Å². The molecule has 0 radical (unpaired) electrons. The van der Waals surface area contributed by atoms with Gasteiger partial charge in [0.25, 0.3) is 23.6 Å². The highest BCUT2D eigenvalue weighted by Crippen LogP contribution is 2.21. The molecule has 5 heterocycles. The van der Waals surface area contributed by atoms with E-state index in [1.54, 1.807) is 36.7 Å². The number of nitrogens with one attached hydrogen (secondary N) is 5. The molecular weight excluding hydrogens is 943 g/mol. The topological polar surface area (TPSA) is 292 Å². The van der Waals surface area contributed by atoms with Crippen LogP contribution >= 0.6 is 0 Å². The maximum Gasteiger partial charge on any atom is 0.270 e. The molecular formula is C49H42F2N18O4. The van der Waals surface area contributed by atoms with Crippen molar-refractivity contribution < 1.29 is 28.0 Å². The number of halogens is 2. The van der Waals surface area contributed by atoms with Gasteiger partial charge in [0.1, 0.15) is 53.4 Å². The second-order valence-electron chi connectivity index (χ2n) is 16.0. The van der Waals surface area contributed by atoms with Crippen LogP contribution in [0.4, 0.5) is 8.78 Å². The quantitative estimate of drug-likeness (QED) is 0.0873. The lowest BCUT2D eigenvalue weighted by Gasteiger charge is -2.14. The van der Waals surface area contributed by atoms with E-state index in [1.165, 1.54) is 47.5 Å². The van der Waals surface area contributed by atoms with E-state index in [9.17, 15) is 28.0 Å². The zero-order valence-corrected chi connectivity index (χ0v) is 38.8. The summed E-state index contributed by atoms with van der Waals surface area (Å²) in [6, 6.07) is 28.3. The average molecular weight is 985 g/mol. The number of nitrogens with zero attached hydrogens (tertiary/aromatic N) is 13. The van der Waals surface area contributed by atoms with Gasteiger partial charge in [0.15, 0.2) is 0 Å². The zero-order chi connectivity index (χ0) is 51.1. The van der Waals surface area contributed by atoms with Gasteiger partial charge >= 0.3 is 0 Å². The van der Waals surface area contributed by atoms with Crippen LogP contribution in [0.2, 0.25) is 0 Å². The van der Waals surface area contributed by atoms with Crippen molar-refractivity contribution in [3.05, 3.63) is 203 Å². The minimum atomic E-state index is -0.480. The third kappa shape index (κ3) is 13.6. The summed E-state index contributed by atoms with van der Waals surface area (Å²) in [5.41, 5.74) is 5.78. The Hall–Kier alpha value is -10.0. The fraction of sp³-hybridized carbons (Fsp3) is 0.143. The van der Waals surface area contributed by atoms with Crippen molar-refractivity contribution in [1.82, 2.24) is 92.0 Å². The van der Waals surface area contributed by atoms with Crippen LogP contribution in [0, 0.1) is 11.6 Å². The molecule has 0 bridgehead atoms. The molecule has 366 valence electrons. The van der Waals surface area contributed by atoms with Crippen LogP contribution < -0.4 is 21.3 Å². The number of tetrazole rings is 2.